The number of hydrogen-bond acceptors (Lipinski definition) is 3. The van der Waals surface area contributed by atoms with Crippen LogP contribution >= 0.6 is 0 Å². The Morgan fingerprint density at radius 3 is 2.76 bits per heavy atom. The van der Waals surface area contributed by atoms with Gasteiger partial charge in [0.25, 0.3) is 0 Å². The van der Waals surface area contributed by atoms with Crippen molar-refractivity contribution in [1.29, 1.82) is 0 Å². The van der Waals surface area contributed by atoms with Crippen LogP contribution in [0.5, 0.6) is 0 Å². The average molecular weight is 298 g/mol. The van der Waals surface area contributed by atoms with Crippen LogP contribution in [0, 0.1) is 11.6 Å². The minimum absolute atomic E-state index is 0.205. The zero-order chi connectivity index (χ0) is 15.2. The van der Waals surface area contributed by atoms with Crippen LogP contribution in [0.4, 0.5) is 8.78 Å². The Bertz CT molecular complexity index is 452. The summed E-state index contributed by atoms with van der Waals surface area (Å²) in [5.41, 5.74) is 0.403. The van der Waals surface area contributed by atoms with Crippen molar-refractivity contribution < 1.29 is 13.5 Å². The van der Waals surface area contributed by atoms with Crippen LogP contribution in [0.2, 0.25) is 0 Å². The number of nitrogens with zero attached hydrogens (tertiary/aromatic N) is 1. The summed E-state index contributed by atoms with van der Waals surface area (Å²) in [6.45, 7) is 4.83. The zero-order valence-electron chi connectivity index (χ0n) is 12.7. The number of nitrogens with one attached hydrogen (secondary N) is 1. The highest BCUT2D eigenvalue weighted by molar-refractivity contribution is 5.23. The SMILES string of the molecule is CCNC(CN(CCOC)C1CC1)c1cccc(F)c1F. The van der Waals surface area contributed by atoms with E-state index in [-0.39, 0.29) is 6.04 Å². The summed E-state index contributed by atoms with van der Waals surface area (Å²) < 4.78 is 32.6. The standard InChI is InChI=1S/C16H24F2N2O/c1-3-19-15(13-5-4-6-14(17)16(13)18)11-20(9-10-21-2)12-7-8-12/h4-6,12,15,19H,3,7-11H2,1-2H3. The molecule has 1 aromatic carbocycles. The van der Waals surface area contributed by atoms with Gasteiger partial charge < -0.3 is 10.1 Å². The largest absolute Gasteiger partial charge is 0.383 e. The van der Waals surface area contributed by atoms with E-state index in [1.807, 2.05) is 6.92 Å². The Morgan fingerprint density at radius 2 is 2.14 bits per heavy atom. The summed E-state index contributed by atoms with van der Waals surface area (Å²) in [7, 11) is 1.68. The molecule has 0 spiro atoms. The van der Waals surface area contributed by atoms with Crippen molar-refractivity contribution in [3.8, 4) is 0 Å². The van der Waals surface area contributed by atoms with Crippen LogP contribution < -0.4 is 5.32 Å². The third-order valence-electron chi connectivity index (χ3n) is 3.87. The van der Waals surface area contributed by atoms with Crippen molar-refractivity contribution in [3.63, 3.8) is 0 Å². The fraction of sp³-hybridized carbons (Fsp3) is 0.625. The number of methoxy groups -OCH3 is 1. The van der Waals surface area contributed by atoms with E-state index >= 15 is 0 Å². The van der Waals surface area contributed by atoms with Gasteiger partial charge in [0, 0.05) is 37.8 Å². The molecule has 1 atom stereocenters. The predicted molar refractivity (Wildman–Crippen MR) is 79.2 cm³/mol. The quantitative estimate of drug-likeness (QED) is 0.758. The van der Waals surface area contributed by atoms with Crippen molar-refractivity contribution in [1.82, 2.24) is 10.2 Å². The number of likely N-dealkylation sites (N-methyl/N-ethyl adjacent to an activating group) is 1. The van der Waals surface area contributed by atoms with Crippen LogP contribution in [-0.4, -0.2) is 44.3 Å². The summed E-state index contributed by atoms with van der Waals surface area (Å²) in [6, 6.07) is 4.73. The number of hydrogen-bond donors (Lipinski definition) is 1. The molecule has 1 unspecified atom stereocenters. The Balaban J connectivity index is 2.11. The maximum Gasteiger partial charge on any atom is 0.163 e. The van der Waals surface area contributed by atoms with Gasteiger partial charge >= 0.3 is 0 Å². The summed E-state index contributed by atoms with van der Waals surface area (Å²) in [5, 5.41) is 3.27. The van der Waals surface area contributed by atoms with E-state index in [9.17, 15) is 8.78 Å². The Kier molecular flexibility index (Phi) is 6.08. The number of benzene rings is 1. The second-order valence-corrected chi connectivity index (χ2v) is 5.47. The Hall–Kier alpha value is -1.04. The zero-order valence-corrected chi connectivity index (χ0v) is 12.7. The maximum atomic E-state index is 14.0. The lowest BCUT2D eigenvalue weighted by molar-refractivity contribution is 0.135. The smallest absolute Gasteiger partial charge is 0.163 e. The highest BCUT2D eigenvalue weighted by atomic mass is 19.2. The van der Waals surface area contributed by atoms with Gasteiger partial charge in [0.1, 0.15) is 0 Å². The van der Waals surface area contributed by atoms with Crippen molar-refractivity contribution in [2.24, 2.45) is 0 Å². The lowest BCUT2D eigenvalue weighted by atomic mass is 10.0. The van der Waals surface area contributed by atoms with Gasteiger partial charge in [0.05, 0.1) is 6.61 Å². The monoisotopic (exact) mass is 298 g/mol. The first-order valence-corrected chi connectivity index (χ1v) is 7.57. The molecule has 2 rings (SSSR count). The van der Waals surface area contributed by atoms with E-state index in [1.165, 1.54) is 12.8 Å². The molecule has 1 aliphatic rings. The second kappa shape index (κ2) is 7.82. The van der Waals surface area contributed by atoms with E-state index < -0.39 is 11.6 Å². The summed E-state index contributed by atoms with van der Waals surface area (Å²) in [6.07, 6.45) is 2.35. The molecular weight excluding hydrogens is 274 g/mol. The Morgan fingerprint density at radius 1 is 1.38 bits per heavy atom. The molecule has 0 bridgehead atoms. The van der Waals surface area contributed by atoms with Crippen LogP contribution in [0.15, 0.2) is 18.2 Å². The summed E-state index contributed by atoms with van der Waals surface area (Å²) in [5.74, 6) is -1.53. The normalized spacial score (nSPS) is 16.4. The van der Waals surface area contributed by atoms with Crippen LogP contribution in [0.1, 0.15) is 31.4 Å². The first-order valence-electron chi connectivity index (χ1n) is 7.57. The molecule has 1 N–H and O–H groups in total. The molecule has 118 valence electrons. The Labute approximate surface area is 125 Å². The molecule has 0 amide bonds. The lowest BCUT2D eigenvalue weighted by Crippen LogP contribution is -2.38. The van der Waals surface area contributed by atoms with Crippen LogP contribution in [0.25, 0.3) is 0 Å². The fourth-order valence-electron chi connectivity index (χ4n) is 2.61. The highest BCUT2D eigenvalue weighted by Gasteiger charge is 2.31. The van der Waals surface area contributed by atoms with Gasteiger partial charge in [-0.3, -0.25) is 4.90 Å². The van der Waals surface area contributed by atoms with Gasteiger partial charge in [-0.15, -0.1) is 0 Å². The first kappa shape index (κ1) is 16.3. The lowest BCUT2D eigenvalue weighted by Gasteiger charge is -2.28. The van der Waals surface area contributed by atoms with Crippen LogP contribution in [0.3, 0.4) is 0 Å². The molecule has 1 aliphatic carbocycles. The molecule has 0 radical (unpaired) electrons. The van der Waals surface area contributed by atoms with E-state index in [2.05, 4.69) is 10.2 Å². The number of ether oxygens (including phenoxy) is 1. The van der Waals surface area contributed by atoms with Gasteiger partial charge in [-0.2, -0.15) is 0 Å². The minimum atomic E-state index is -0.787. The van der Waals surface area contributed by atoms with Crippen molar-refractivity contribution in [3.05, 3.63) is 35.4 Å². The third-order valence-corrected chi connectivity index (χ3v) is 3.87. The van der Waals surface area contributed by atoms with E-state index in [0.29, 0.717) is 31.3 Å². The first-order chi connectivity index (χ1) is 10.2. The average Bonchev–Trinajstić information content (AvgIpc) is 3.30. The molecule has 0 saturated heterocycles. The third kappa shape index (κ3) is 4.46. The second-order valence-electron chi connectivity index (χ2n) is 5.47. The van der Waals surface area contributed by atoms with Gasteiger partial charge in [0.15, 0.2) is 11.6 Å². The van der Waals surface area contributed by atoms with E-state index in [0.717, 1.165) is 12.6 Å². The van der Waals surface area contributed by atoms with E-state index in [4.69, 9.17) is 4.74 Å². The molecule has 0 heterocycles. The molecular formula is C16H24F2N2O. The van der Waals surface area contributed by atoms with E-state index in [1.54, 1.807) is 19.2 Å². The highest BCUT2D eigenvalue weighted by Crippen LogP contribution is 2.29. The van der Waals surface area contributed by atoms with Gasteiger partial charge in [-0.25, -0.2) is 8.78 Å². The minimum Gasteiger partial charge on any atom is -0.383 e. The molecule has 3 nitrogen and oxygen atoms in total. The molecule has 1 aromatic rings. The maximum absolute atomic E-state index is 14.0. The number of rotatable bonds is 9. The molecule has 0 aromatic heterocycles. The molecule has 21 heavy (non-hydrogen) atoms. The molecule has 0 aliphatic heterocycles. The topological polar surface area (TPSA) is 24.5 Å². The molecule has 5 heteroatoms. The number of halogens is 2. The van der Waals surface area contributed by atoms with Crippen molar-refractivity contribution in [2.45, 2.75) is 31.8 Å². The van der Waals surface area contributed by atoms with Crippen LogP contribution in [-0.2, 0) is 4.74 Å². The molecule has 1 saturated carbocycles. The predicted octanol–water partition coefficient (Wildman–Crippen LogP) is 2.73. The van der Waals surface area contributed by atoms with Crippen molar-refractivity contribution in [2.75, 3.05) is 33.4 Å². The van der Waals surface area contributed by atoms with Gasteiger partial charge in [-0.1, -0.05) is 19.1 Å². The van der Waals surface area contributed by atoms with Gasteiger partial charge in [0.2, 0.25) is 0 Å². The summed E-state index contributed by atoms with van der Waals surface area (Å²) >= 11 is 0. The fourth-order valence-corrected chi connectivity index (χ4v) is 2.61. The molecule has 1 fully saturated rings. The van der Waals surface area contributed by atoms with Crippen molar-refractivity contribution >= 4 is 0 Å². The van der Waals surface area contributed by atoms with Gasteiger partial charge in [-0.05, 0) is 25.5 Å². The summed E-state index contributed by atoms with van der Waals surface area (Å²) in [4.78, 5) is 2.31.